The Labute approximate surface area is 110 Å². The first kappa shape index (κ1) is 15.3. The third-order valence-corrected chi connectivity index (χ3v) is 3.87. The van der Waals surface area contributed by atoms with Crippen LogP contribution in [0.4, 0.5) is 4.79 Å². The van der Waals surface area contributed by atoms with Crippen LogP contribution >= 0.6 is 0 Å². The fourth-order valence-electron chi connectivity index (χ4n) is 2.59. The normalized spacial score (nSPS) is 24.7. The van der Waals surface area contributed by atoms with Gasteiger partial charge in [-0.25, -0.2) is 4.79 Å². The maximum absolute atomic E-state index is 11.8. The van der Waals surface area contributed by atoms with Crippen LogP contribution in [-0.4, -0.2) is 41.9 Å². The van der Waals surface area contributed by atoms with Gasteiger partial charge in [0.2, 0.25) is 0 Å². The first-order chi connectivity index (χ1) is 8.38. The highest BCUT2D eigenvalue weighted by atomic mass is 16.5. The first-order valence-electron chi connectivity index (χ1n) is 6.85. The predicted octanol–water partition coefficient (Wildman–Crippen LogP) is 2.65. The third kappa shape index (κ3) is 4.16. The van der Waals surface area contributed by atoms with E-state index in [0.29, 0.717) is 18.4 Å². The van der Waals surface area contributed by atoms with Crippen LogP contribution in [0.2, 0.25) is 0 Å². The molecule has 0 aromatic heterocycles. The fourth-order valence-corrected chi connectivity index (χ4v) is 2.59. The van der Waals surface area contributed by atoms with Gasteiger partial charge in [0.1, 0.15) is 0 Å². The number of hydrogen-bond acceptors (Lipinski definition) is 3. The molecule has 0 unspecified atom stereocenters. The van der Waals surface area contributed by atoms with Crippen LogP contribution in [-0.2, 0) is 4.74 Å². The van der Waals surface area contributed by atoms with E-state index in [-0.39, 0.29) is 11.6 Å². The minimum atomic E-state index is -0.244. The van der Waals surface area contributed by atoms with Crippen molar-refractivity contribution in [3.8, 4) is 0 Å². The zero-order chi connectivity index (χ0) is 13.8. The molecule has 1 N–H and O–H groups in total. The van der Waals surface area contributed by atoms with Crippen molar-refractivity contribution in [3.63, 3.8) is 0 Å². The Morgan fingerprint density at radius 1 is 1.22 bits per heavy atom. The number of amides is 1. The Balaban J connectivity index is 2.55. The minimum absolute atomic E-state index is 0.207. The van der Waals surface area contributed by atoms with Crippen LogP contribution < -0.4 is 0 Å². The van der Waals surface area contributed by atoms with Gasteiger partial charge >= 0.3 is 6.09 Å². The van der Waals surface area contributed by atoms with E-state index in [4.69, 9.17) is 9.84 Å². The second-order valence-corrected chi connectivity index (χ2v) is 6.32. The van der Waals surface area contributed by atoms with Gasteiger partial charge in [-0.15, -0.1) is 0 Å². The number of nitrogens with zero attached hydrogens (tertiary/aromatic N) is 1. The third-order valence-electron chi connectivity index (χ3n) is 3.87. The smallest absolute Gasteiger partial charge is 0.409 e. The number of hydrogen-bond donors (Lipinski definition) is 1. The summed E-state index contributed by atoms with van der Waals surface area (Å²) in [4.78, 5) is 13.6. The molecule has 0 saturated heterocycles. The topological polar surface area (TPSA) is 49.8 Å². The lowest BCUT2D eigenvalue weighted by Crippen LogP contribution is -2.48. The molecule has 0 heterocycles. The fraction of sp³-hybridized carbons (Fsp3) is 0.929. The van der Waals surface area contributed by atoms with E-state index < -0.39 is 0 Å². The summed E-state index contributed by atoms with van der Waals surface area (Å²) in [5.41, 5.74) is -0.207. The van der Waals surface area contributed by atoms with Gasteiger partial charge in [0.05, 0.1) is 7.11 Å². The molecule has 4 nitrogen and oxygen atoms in total. The van der Waals surface area contributed by atoms with E-state index in [1.54, 1.807) is 0 Å². The van der Waals surface area contributed by atoms with Crippen molar-refractivity contribution in [1.82, 2.24) is 4.90 Å². The van der Waals surface area contributed by atoms with Crippen LogP contribution in [0.5, 0.6) is 0 Å². The van der Waals surface area contributed by atoms with E-state index in [1.807, 2.05) is 25.7 Å². The molecule has 106 valence electrons. The predicted molar refractivity (Wildman–Crippen MR) is 71.4 cm³/mol. The monoisotopic (exact) mass is 257 g/mol. The Morgan fingerprint density at radius 2 is 1.72 bits per heavy atom. The molecule has 1 saturated carbocycles. The Bertz CT molecular complexity index is 265. The van der Waals surface area contributed by atoms with Crippen molar-refractivity contribution in [2.24, 2.45) is 11.8 Å². The Morgan fingerprint density at radius 3 is 2.11 bits per heavy atom. The number of methoxy groups -OCH3 is 1. The highest BCUT2D eigenvalue weighted by molar-refractivity contribution is 5.68. The zero-order valence-corrected chi connectivity index (χ0v) is 12.1. The molecule has 1 aliphatic rings. The van der Waals surface area contributed by atoms with Crippen LogP contribution in [0.3, 0.4) is 0 Å². The van der Waals surface area contributed by atoms with E-state index in [1.165, 1.54) is 7.11 Å². The van der Waals surface area contributed by atoms with Crippen molar-refractivity contribution in [3.05, 3.63) is 0 Å². The van der Waals surface area contributed by atoms with Crippen molar-refractivity contribution in [2.45, 2.75) is 52.0 Å². The SMILES string of the molecule is COC(=O)N(CC1CCC(CO)CC1)C(C)(C)C. The van der Waals surface area contributed by atoms with Gasteiger partial charge in [0, 0.05) is 18.7 Å². The summed E-state index contributed by atoms with van der Waals surface area (Å²) in [6, 6.07) is 0. The molecule has 1 fully saturated rings. The Kier molecular flexibility index (Phi) is 5.45. The van der Waals surface area contributed by atoms with Crippen molar-refractivity contribution >= 4 is 6.09 Å². The molecular weight excluding hydrogens is 230 g/mol. The van der Waals surface area contributed by atoms with Crippen LogP contribution in [0, 0.1) is 11.8 Å². The largest absolute Gasteiger partial charge is 0.453 e. The summed E-state index contributed by atoms with van der Waals surface area (Å²) in [6.07, 6.45) is 4.08. The lowest BCUT2D eigenvalue weighted by molar-refractivity contribution is 0.0633. The van der Waals surface area contributed by atoms with Gasteiger partial charge in [0.25, 0.3) is 0 Å². The second-order valence-electron chi connectivity index (χ2n) is 6.32. The maximum Gasteiger partial charge on any atom is 0.409 e. The average Bonchev–Trinajstić information content (AvgIpc) is 2.34. The number of carbonyl (C=O) groups excluding carboxylic acids is 1. The molecule has 4 heteroatoms. The molecule has 0 aliphatic heterocycles. The summed E-state index contributed by atoms with van der Waals surface area (Å²) >= 11 is 0. The lowest BCUT2D eigenvalue weighted by Gasteiger charge is -2.38. The molecule has 0 aromatic rings. The number of rotatable bonds is 3. The number of aliphatic hydroxyl groups excluding tert-OH is 1. The summed E-state index contributed by atoms with van der Waals surface area (Å²) in [5, 5.41) is 9.13. The molecule has 1 rings (SSSR count). The molecule has 0 atom stereocenters. The number of ether oxygens (including phenoxy) is 1. The first-order valence-corrected chi connectivity index (χ1v) is 6.85. The molecule has 18 heavy (non-hydrogen) atoms. The summed E-state index contributed by atoms with van der Waals surface area (Å²) < 4.78 is 4.87. The van der Waals surface area contributed by atoms with Gasteiger partial charge in [0.15, 0.2) is 0 Å². The molecule has 0 spiro atoms. The minimum Gasteiger partial charge on any atom is -0.453 e. The number of aliphatic hydroxyl groups is 1. The van der Waals surface area contributed by atoms with E-state index in [2.05, 4.69) is 0 Å². The molecular formula is C14H27NO3. The van der Waals surface area contributed by atoms with Crippen LogP contribution in [0.1, 0.15) is 46.5 Å². The Hall–Kier alpha value is -0.770. The second kappa shape index (κ2) is 6.41. The zero-order valence-electron chi connectivity index (χ0n) is 12.1. The lowest BCUT2D eigenvalue weighted by atomic mass is 9.82. The van der Waals surface area contributed by atoms with Crippen molar-refractivity contribution in [1.29, 1.82) is 0 Å². The van der Waals surface area contributed by atoms with Crippen molar-refractivity contribution in [2.75, 3.05) is 20.3 Å². The summed E-state index contributed by atoms with van der Waals surface area (Å²) in [5.74, 6) is 0.994. The summed E-state index contributed by atoms with van der Waals surface area (Å²) in [7, 11) is 1.43. The standard InChI is InChI=1S/C14H27NO3/c1-14(2,3)15(13(17)18-4)9-11-5-7-12(10-16)8-6-11/h11-12,16H,5-10H2,1-4H3. The highest BCUT2D eigenvalue weighted by Gasteiger charge is 2.31. The van der Waals surface area contributed by atoms with E-state index in [9.17, 15) is 4.79 Å². The summed E-state index contributed by atoms with van der Waals surface area (Å²) in [6.45, 7) is 7.15. The van der Waals surface area contributed by atoms with Gasteiger partial charge in [-0.1, -0.05) is 0 Å². The van der Waals surface area contributed by atoms with Crippen molar-refractivity contribution < 1.29 is 14.6 Å². The van der Waals surface area contributed by atoms with E-state index >= 15 is 0 Å². The quantitative estimate of drug-likeness (QED) is 0.845. The molecule has 0 aromatic carbocycles. The van der Waals surface area contributed by atoms with Gasteiger partial charge in [-0.05, 0) is 58.3 Å². The molecule has 1 aliphatic carbocycles. The van der Waals surface area contributed by atoms with Crippen LogP contribution in [0.15, 0.2) is 0 Å². The van der Waals surface area contributed by atoms with Gasteiger partial charge in [-0.3, -0.25) is 0 Å². The van der Waals surface area contributed by atoms with Gasteiger partial charge in [-0.2, -0.15) is 0 Å². The molecule has 1 amide bonds. The maximum atomic E-state index is 11.8. The average molecular weight is 257 g/mol. The van der Waals surface area contributed by atoms with Gasteiger partial charge < -0.3 is 14.7 Å². The number of carbonyl (C=O) groups is 1. The molecule has 0 radical (unpaired) electrons. The van der Waals surface area contributed by atoms with E-state index in [0.717, 1.165) is 32.2 Å². The molecule has 0 bridgehead atoms. The van der Waals surface area contributed by atoms with Crippen LogP contribution in [0.25, 0.3) is 0 Å². The highest BCUT2D eigenvalue weighted by Crippen LogP contribution is 2.30.